The summed E-state index contributed by atoms with van der Waals surface area (Å²) < 4.78 is 1.30. The third-order valence-electron chi connectivity index (χ3n) is 2.53. The number of para-hydroxylation sites is 1. The van der Waals surface area contributed by atoms with Crippen LogP contribution in [0, 0.1) is 28.4 Å². The van der Waals surface area contributed by atoms with Gasteiger partial charge in [0, 0.05) is 0 Å². The van der Waals surface area contributed by atoms with Gasteiger partial charge in [0.2, 0.25) is 5.95 Å². The lowest BCUT2D eigenvalue weighted by molar-refractivity contribution is -0.385. The zero-order chi connectivity index (χ0) is 14.7. The molecule has 1 aromatic heterocycles. The van der Waals surface area contributed by atoms with Crippen molar-refractivity contribution in [1.82, 2.24) is 9.66 Å². The summed E-state index contributed by atoms with van der Waals surface area (Å²) in [7, 11) is 0. The lowest BCUT2D eigenvalue weighted by atomic mass is 10.1. The highest BCUT2D eigenvalue weighted by molar-refractivity contribution is 5.87. The number of nitro benzene ring substituents is 1. The number of imidazole rings is 1. The van der Waals surface area contributed by atoms with Crippen LogP contribution in [0.15, 0.2) is 29.5 Å². The van der Waals surface area contributed by atoms with Crippen molar-refractivity contribution in [3.8, 4) is 6.07 Å². The molecule has 0 spiro atoms. The van der Waals surface area contributed by atoms with Crippen LogP contribution in [0.3, 0.4) is 0 Å². The third-order valence-corrected chi connectivity index (χ3v) is 2.53. The van der Waals surface area contributed by atoms with Gasteiger partial charge in [-0.25, -0.2) is 9.66 Å². The van der Waals surface area contributed by atoms with Crippen molar-refractivity contribution in [2.45, 2.75) is 6.92 Å². The first kappa shape index (κ1) is 13.2. The van der Waals surface area contributed by atoms with E-state index in [-0.39, 0.29) is 22.8 Å². The molecule has 1 aromatic carbocycles. The van der Waals surface area contributed by atoms with Gasteiger partial charge in [-0.1, -0.05) is 6.07 Å². The van der Waals surface area contributed by atoms with Gasteiger partial charge < -0.3 is 5.73 Å². The molecular weight excluding hydrogens is 260 g/mol. The third kappa shape index (κ3) is 2.46. The molecule has 0 saturated carbocycles. The first-order valence-electron chi connectivity index (χ1n) is 5.56. The van der Waals surface area contributed by atoms with E-state index >= 15 is 0 Å². The molecule has 0 aliphatic heterocycles. The van der Waals surface area contributed by atoms with E-state index in [2.05, 4.69) is 10.1 Å². The maximum absolute atomic E-state index is 11.0. The lowest BCUT2D eigenvalue weighted by Crippen LogP contribution is -2.00. The fraction of sp³-hybridized carbons (Fsp3) is 0.0833. The molecule has 0 aliphatic rings. The molecule has 0 unspecified atom stereocenters. The number of hydrogen-bond donors (Lipinski definition) is 1. The number of nitrogen functional groups attached to an aromatic ring is 1. The number of aromatic nitrogens is 2. The molecule has 8 nitrogen and oxygen atoms in total. The second-order valence-electron chi connectivity index (χ2n) is 3.94. The Kier molecular flexibility index (Phi) is 3.43. The van der Waals surface area contributed by atoms with Crippen LogP contribution >= 0.6 is 0 Å². The normalized spacial score (nSPS) is 10.6. The van der Waals surface area contributed by atoms with Crippen LogP contribution in [0.5, 0.6) is 0 Å². The molecule has 0 bridgehead atoms. The number of hydrogen-bond acceptors (Lipinski definition) is 6. The second-order valence-corrected chi connectivity index (χ2v) is 3.94. The quantitative estimate of drug-likeness (QED) is 0.513. The Hall–Kier alpha value is -3.21. The van der Waals surface area contributed by atoms with Crippen molar-refractivity contribution in [1.29, 1.82) is 5.26 Å². The molecule has 0 atom stereocenters. The van der Waals surface area contributed by atoms with Gasteiger partial charge in [0.05, 0.1) is 28.6 Å². The van der Waals surface area contributed by atoms with E-state index in [0.29, 0.717) is 5.69 Å². The Labute approximate surface area is 113 Å². The lowest BCUT2D eigenvalue weighted by Gasteiger charge is -1.99. The molecule has 2 aromatic rings. The zero-order valence-corrected chi connectivity index (χ0v) is 10.5. The fourth-order valence-corrected chi connectivity index (χ4v) is 1.68. The monoisotopic (exact) mass is 270 g/mol. The number of anilines is 1. The Bertz CT molecular complexity index is 741. The van der Waals surface area contributed by atoms with Crippen molar-refractivity contribution in [3.63, 3.8) is 0 Å². The van der Waals surface area contributed by atoms with E-state index in [9.17, 15) is 10.1 Å². The van der Waals surface area contributed by atoms with Gasteiger partial charge in [-0.2, -0.15) is 10.4 Å². The van der Waals surface area contributed by atoms with E-state index in [4.69, 9.17) is 11.0 Å². The molecule has 2 N–H and O–H groups in total. The maximum atomic E-state index is 11.0. The van der Waals surface area contributed by atoms with E-state index in [1.54, 1.807) is 25.3 Å². The first-order chi connectivity index (χ1) is 9.52. The minimum atomic E-state index is -0.609. The molecule has 1 heterocycles. The van der Waals surface area contributed by atoms with Gasteiger partial charge in [0.25, 0.3) is 5.69 Å². The Morgan fingerprint density at radius 1 is 1.60 bits per heavy atom. The average molecular weight is 270 g/mol. The van der Waals surface area contributed by atoms with E-state index < -0.39 is 4.92 Å². The molecule has 0 saturated heterocycles. The van der Waals surface area contributed by atoms with E-state index in [0.717, 1.165) is 0 Å². The number of nitro groups is 1. The molecule has 0 fully saturated rings. The summed E-state index contributed by atoms with van der Waals surface area (Å²) in [6, 6.07) is 6.22. The predicted molar refractivity (Wildman–Crippen MR) is 72.2 cm³/mol. The summed E-state index contributed by atoms with van der Waals surface area (Å²) in [6.07, 6.45) is 2.86. The molecule has 100 valence electrons. The number of rotatable bonds is 3. The van der Waals surface area contributed by atoms with E-state index in [1.807, 2.05) is 0 Å². The fourth-order valence-electron chi connectivity index (χ4n) is 1.68. The number of aryl methyl sites for hydroxylation is 1. The Morgan fingerprint density at radius 2 is 2.35 bits per heavy atom. The highest BCUT2D eigenvalue weighted by Gasteiger charge is 2.18. The number of nitriles is 1. The summed E-state index contributed by atoms with van der Waals surface area (Å²) in [6.45, 7) is 1.75. The average Bonchev–Trinajstić information content (AvgIpc) is 2.73. The minimum absolute atomic E-state index is 0.0197. The molecule has 2 rings (SSSR count). The topological polar surface area (TPSA) is 123 Å². The largest absolute Gasteiger partial charge is 0.368 e. The molecule has 0 aliphatic carbocycles. The molecule has 0 amide bonds. The Balaban J connectivity index is 2.47. The van der Waals surface area contributed by atoms with Crippen LogP contribution < -0.4 is 5.73 Å². The van der Waals surface area contributed by atoms with Crippen molar-refractivity contribution < 1.29 is 4.92 Å². The number of nitrogens with zero attached hydrogens (tertiary/aromatic N) is 5. The van der Waals surface area contributed by atoms with Crippen LogP contribution in [-0.4, -0.2) is 20.8 Å². The van der Waals surface area contributed by atoms with Gasteiger partial charge in [-0.15, -0.1) is 0 Å². The summed E-state index contributed by atoms with van der Waals surface area (Å²) >= 11 is 0. The number of nitrogens with two attached hydrogens (primary N) is 1. The second kappa shape index (κ2) is 5.19. The highest BCUT2D eigenvalue weighted by atomic mass is 16.6. The standard InChI is InChI=1S/C12H10N6O2/c1-8-7-17(12(14)16-8)15-6-10-4-2-3-9(5-13)11(10)18(19)20/h2-4,6-7H,1H3,(H2,14,16). The predicted octanol–water partition coefficient (Wildman–Crippen LogP) is 1.44. The van der Waals surface area contributed by atoms with Crippen molar-refractivity contribution in [2.75, 3.05) is 5.73 Å². The molecule has 0 radical (unpaired) electrons. The van der Waals surface area contributed by atoms with Gasteiger partial charge in [-0.3, -0.25) is 10.1 Å². The van der Waals surface area contributed by atoms with E-state index in [1.165, 1.54) is 23.0 Å². The van der Waals surface area contributed by atoms with Crippen molar-refractivity contribution in [3.05, 3.63) is 51.3 Å². The molecular formula is C12H10N6O2. The molecule has 20 heavy (non-hydrogen) atoms. The first-order valence-corrected chi connectivity index (χ1v) is 5.56. The highest BCUT2D eigenvalue weighted by Crippen LogP contribution is 2.21. The van der Waals surface area contributed by atoms with Gasteiger partial charge >= 0.3 is 0 Å². The maximum Gasteiger partial charge on any atom is 0.295 e. The van der Waals surface area contributed by atoms with Crippen molar-refractivity contribution >= 4 is 17.9 Å². The van der Waals surface area contributed by atoms with Crippen LogP contribution in [0.1, 0.15) is 16.8 Å². The van der Waals surface area contributed by atoms with Crippen LogP contribution in [0.25, 0.3) is 0 Å². The van der Waals surface area contributed by atoms with Crippen LogP contribution in [-0.2, 0) is 0 Å². The van der Waals surface area contributed by atoms with Crippen LogP contribution in [0.2, 0.25) is 0 Å². The zero-order valence-electron chi connectivity index (χ0n) is 10.5. The summed E-state index contributed by atoms with van der Waals surface area (Å²) in [5.74, 6) is 0.179. The Morgan fingerprint density at radius 3 is 2.90 bits per heavy atom. The SMILES string of the molecule is Cc1cn(N=Cc2cccc(C#N)c2[N+](=O)[O-])c(N)n1. The van der Waals surface area contributed by atoms with Gasteiger partial charge in [-0.05, 0) is 19.1 Å². The van der Waals surface area contributed by atoms with Crippen molar-refractivity contribution in [2.24, 2.45) is 5.10 Å². The summed E-state index contributed by atoms with van der Waals surface area (Å²) in [4.78, 5) is 14.4. The van der Waals surface area contributed by atoms with Gasteiger partial charge in [0.1, 0.15) is 11.6 Å². The van der Waals surface area contributed by atoms with Gasteiger partial charge in [0.15, 0.2) is 0 Å². The summed E-state index contributed by atoms with van der Waals surface area (Å²) in [5.41, 5.74) is 6.21. The smallest absolute Gasteiger partial charge is 0.295 e. The molecule has 8 heteroatoms. The minimum Gasteiger partial charge on any atom is -0.368 e. The summed E-state index contributed by atoms with van der Waals surface area (Å²) in [5, 5.41) is 23.9. The van der Waals surface area contributed by atoms with Crippen LogP contribution in [0.4, 0.5) is 11.6 Å². The number of benzene rings is 1.